The predicted octanol–water partition coefficient (Wildman–Crippen LogP) is 0.868. The van der Waals surface area contributed by atoms with E-state index >= 15 is 0 Å². The van der Waals surface area contributed by atoms with Gasteiger partial charge in [0.05, 0.1) is 12.7 Å². The summed E-state index contributed by atoms with van der Waals surface area (Å²) in [5.41, 5.74) is 0. The van der Waals surface area contributed by atoms with Crippen LogP contribution in [0.5, 0.6) is 5.75 Å². The summed E-state index contributed by atoms with van der Waals surface area (Å²) < 4.78 is 5.43. The highest BCUT2D eigenvalue weighted by atomic mass is 16.5. The minimum absolute atomic E-state index is 0.721. The lowest BCUT2D eigenvalue weighted by molar-refractivity contribution is 0.307. The van der Waals surface area contributed by atoms with Crippen LogP contribution in [-0.2, 0) is 6.42 Å². The Hall–Kier alpha value is -1.32. The van der Waals surface area contributed by atoms with Crippen LogP contribution >= 0.6 is 0 Å². The van der Waals surface area contributed by atoms with E-state index < -0.39 is 0 Å². The van der Waals surface area contributed by atoms with E-state index in [1.54, 1.807) is 6.20 Å². The van der Waals surface area contributed by atoms with Gasteiger partial charge in [0.25, 0.3) is 0 Å². The van der Waals surface area contributed by atoms with Crippen molar-refractivity contribution in [2.24, 2.45) is 0 Å². The van der Waals surface area contributed by atoms with Crippen molar-refractivity contribution in [3.8, 4) is 5.75 Å². The maximum absolute atomic E-state index is 5.43. The third kappa shape index (κ3) is 1.43. The normalized spacial score (nSPS) is 15.1. The molecule has 0 saturated carbocycles. The Bertz CT molecular complexity index is 314. The molecule has 2 rings (SSSR count). The van der Waals surface area contributed by atoms with Gasteiger partial charge in [0.2, 0.25) is 0 Å². The number of fused-ring (bicyclic) bond motifs is 1. The lowest BCUT2D eigenvalue weighted by atomic mass is 10.3. The van der Waals surface area contributed by atoms with Gasteiger partial charge in [-0.25, -0.2) is 9.97 Å². The molecular weight excluding hydrogens is 166 g/mol. The Kier molecular flexibility index (Phi) is 2.04. The molecule has 0 aliphatic carbocycles. The van der Waals surface area contributed by atoms with Gasteiger partial charge in [0.1, 0.15) is 12.4 Å². The van der Waals surface area contributed by atoms with Gasteiger partial charge in [-0.1, -0.05) is 6.92 Å². The summed E-state index contributed by atoms with van der Waals surface area (Å²) in [7, 11) is 2.02. The average molecular weight is 179 g/mol. The van der Waals surface area contributed by atoms with Gasteiger partial charge < -0.3 is 9.64 Å². The maximum atomic E-state index is 5.43. The first-order valence-corrected chi connectivity index (χ1v) is 4.51. The Labute approximate surface area is 77.6 Å². The Balaban J connectivity index is 2.41. The van der Waals surface area contributed by atoms with Gasteiger partial charge in [-0.15, -0.1) is 0 Å². The summed E-state index contributed by atoms with van der Waals surface area (Å²) in [6.07, 6.45) is 2.62. The van der Waals surface area contributed by atoms with E-state index in [4.69, 9.17) is 4.74 Å². The number of hydrogen-bond donors (Lipinski definition) is 0. The van der Waals surface area contributed by atoms with Crippen molar-refractivity contribution in [2.75, 3.05) is 25.1 Å². The first-order valence-electron chi connectivity index (χ1n) is 4.51. The lowest BCUT2D eigenvalue weighted by Crippen LogP contribution is -2.30. The summed E-state index contributed by atoms with van der Waals surface area (Å²) >= 11 is 0. The molecule has 0 spiro atoms. The van der Waals surface area contributed by atoms with Crippen molar-refractivity contribution < 1.29 is 4.74 Å². The minimum Gasteiger partial charge on any atom is -0.486 e. The largest absolute Gasteiger partial charge is 0.486 e. The van der Waals surface area contributed by atoms with E-state index in [0.29, 0.717) is 0 Å². The zero-order valence-corrected chi connectivity index (χ0v) is 7.95. The standard InChI is InChI=1S/C9H13N3O/c1-3-8-10-6-7-9(11-8)12(2)4-5-13-7/h6H,3-5H2,1-2H3. The van der Waals surface area contributed by atoms with E-state index in [9.17, 15) is 0 Å². The van der Waals surface area contributed by atoms with E-state index in [0.717, 1.165) is 37.0 Å². The number of hydrogen-bond acceptors (Lipinski definition) is 4. The molecule has 1 aliphatic rings. The molecule has 1 aromatic heterocycles. The molecule has 2 heterocycles. The summed E-state index contributed by atoms with van der Waals surface area (Å²) in [5.74, 6) is 2.58. The first kappa shape index (κ1) is 8.29. The molecular formula is C9H13N3O. The maximum Gasteiger partial charge on any atom is 0.180 e. The number of ether oxygens (including phenoxy) is 1. The van der Waals surface area contributed by atoms with Crippen LogP contribution in [0.4, 0.5) is 5.82 Å². The van der Waals surface area contributed by atoms with Crippen molar-refractivity contribution in [1.82, 2.24) is 9.97 Å². The molecule has 1 aromatic rings. The van der Waals surface area contributed by atoms with Crippen molar-refractivity contribution in [2.45, 2.75) is 13.3 Å². The van der Waals surface area contributed by atoms with Crippen LogP contribution in [0.15, 0.2) is 6.20 Å². The van der Waals surface area contributed by atoms with Crippen LogP contribution in [0.3, 0.4) is 0 Å². The number of nitrogens with zero attached hydrogens (tertiary/aromatic N) is 3. The molecule has 4 nitrogen and oxygen atoms in total. The number of anilines is 1. The van der Waals surface area contributed by atoms with Gasteiger partial charge in [-0.2, -0.15) is 0 Å². The van der Waals surface area contributed by atoms with Crippen LogP contribution in [0.1, 0.15) is 12.7 Å². The predicted molar refractivity (Wildman–Crippen MR) is 50.2 cm³/mol. The Morgan fingerprint density at radius 2 is 2.46 bits per heavy atom. The lowest BCUT2D eigenvalue weighted by Gasteiger charge is -2.26. The second kappa shape index (κ2) is 3.20. The van der Waals surface area contributed by atoms with Crippen molar-refractivity contribution in [3.63, 3.8) is 0 Å². The Morgan fingerprint density at radius 3 is 3.23 bits per heavy atom. The van der Waals surface area contributed by atoms with Crippen molar-refractivity contribution in [3.05, 3.63) is 12.0 Å². The smallest absolute Gasteiger partial charge is 0.180 e. The fourth-order valence-corrected chi connectivity index (χ4v) is 1.34. The fraction of sp³-hybridized carbons (Fsp3) is 0.556. The van der Waals surface area contributed by atoms with Crippen LogP contribution in [0.25, 0.3) is 0 Å². The van der Waals surface area contributed by atoms with Gasteiger partial charge in [-0.3, -0.25) is 0 Å². The molecule has 0 unspecified atom stereocenters. The van der Waals surface area contributed by atoms with Gasteiger partial charge >= 0.3 is 0 Å². The number of aryl methyl sites for hydroxylation is 1. The number of aromatic nitrogens is 2. The molecule has 1 aliphatic heterocycles. The van der Waals surface area contributed by atoms with Gasteiger partial charge in [0, 0.05) is 13.5 Å². The van der Waals surface area contributed by atoms with Crippen molar-refractivity contribution in [1.29, 1.82) is 0 Å². The second-order valence-electron chi connectivity index (χ2n) is 3.10. The second-order valence-corrected chi connectivity index (χ2v) is 3.10. The third-order valence-electron chi connectivity index (χ3n) is 2.15. The molecule has 0 N–H and O–H groups in total. The molecule has 0 aromatic carbocycles. The monoisotopic (exact) mass is 179 g/mol. The van der Waals surface area contributed by atoms with Crippen LogP contribution in [-0.4, -0.2) is 30.2 Å². The summed E-state index contributed by atoms with van der Waals surface area (Å²) in [6, 6.07) is 0. The molecule has 13 heavy (non-hydrogen) atoms. The molecule has 0 bridgehead atoms. The summed E-state index contributed by atoms with van der Waals surface area (Å²) in [6.45, 7) is 3.66. The summed E-state index contributed by atoms with van der Waals surface area (Å²) in [4.78, 5) is 10.7. The van der Waals surface area contributed by atoms with Crippen LogP contribution in [0.2, 0.25) is 0 Å². The Morgan fingerprint density at radius 1 is 1.62 bits per heavy atom. The number of likely N-dealkylation sites (N-methyl/N-ethyl adjacent to an activating group) is 1. The molecule has 0 atom stereocenters. The van der Waals surface area contributed by atoms with Crippen LogP contribution < -0.4 is 9.64 Å². The highest BCUT2D eigenvalue weighted by molar-refractivity contribution is 5.52. The third-order valence-corrected chi connectivity index (χ3v) is 2.15. The van der Waals surface area contributed by atoms with E-state index in [1.165, 1.54) is 0 Å². The molecule has 70 valence electrons. The molecule has 0 radical (unpaired) electrons. The van der Waals surface area contributed by atoms with Crippen molar-refractivity contribution >= 4 is 5.82 Å². The fourth-order valence-electron chi connectivity index (χ4n) is 1.34. The zero-order valence-electron chi connectivity index (χ0n) is 7.95. The number of rotatable bonds is 1. The zero-order chi connectivity index (χ0) is 9.26. The summed E-state index contributed by atoms with van der Waals surface area (Å²) in [5, 5.41) is 0. The van der Waals surface area contributed by atoms with Gasteiger partial charge in [0.15, 0.2) is 11.6 Å². The average Bonchev–Trinajstić information content (AvgIpc) is 2.18. The topological polar surface area (TPSA) is 38.2 Å². The van der Waals surface area contributed by atoms with Gasteiger partial charge in [-0.05, 0) is 0 Å². The minimum atomic E-state index is 0.721. The molecule has 4 heteroatoms. The molecule has 0 fully saturated rings. The first-order chi connectivity index (χ1) is 6.31. The molecule has 0 amide bonds. The SMILES string of the molecule is CCc1ncc2c(n1)N(C)CCO2. The quantitative estimate of drug-likeness (QED) is 0.641. The van der Waals surface area contributed by atoms with E-state index in [-0.39, 0.29) is 0 Å². The molecule has 0 saturated heterocycles. The van der Waals surface area contributed by atoms with E-state index in [1.807, 2.05) is 14.0 Å². The highest BCUT2D eigenvalue weighted by Gasteiger charge is 2.16. The highest BCUT2D eigenvalue weighted by Crippen LogP contribution is 2.26. The van der Waals surface area contributed by atoms with Crippen LogP contribution in [0, 0.1) is 0 Å². The van der Waals surface area contributed by atoms with E-state index in [2.05, 4.69) is 14.9 Å².